The van der Waals surface area contributed by atoms with Gasteiger partial charge in [-0.05, 0) is 19.3 Å². The summed E-state index contributed by atoms with van der Waals surface area (Å²) in [6, 6.07) is 1.02. The maximum absolute atomic E-state index is 12.8. The Morgan fingerprint density at radius 2 is 2.05 bits per heavy atom. The van der Waals surface area contributed by atoms with E-state index in [-0.39, 0.29) is 6.04 Å². The predicted molar refractivity (Wildman–Crippen MR) is 74.2 cm³/mol. The minimum atomic E-state index is -4.46. The fourth-order valence-corrected chi connectivity index (χ4v) is 2.82. The first-order valence-electron chi connectivity index (χ1n) is 7.09. The van der Waals surface area contributed by atoms with Crippen molar-refractivity contribution in [3.8, 4) is 0 Å². The van der Waals surface area contributed by atoms with Crippen LogP contribution in [0, 0.1) is 0 Å². The summed E-state index contributed by atoms with van der Waals surface area (Å²) >= 11 is 0. The maximum Gasteiger partial charge on any atom is 0.433 e. The van der Waals surface area contributed by atoms with Gasteiger partial charge in [0.1, 0.15) is 17.8 Å². The van der Waals surface area contributed by atoms with Gasteiger partial charge >= 0.3 is 6.18 Å². The molecule has 1 fully saturated rings. The van der Waals surface area contributed by atoms with E-state index in [1.165, 1.54) is 0 Å². The Kier molecular flexibility index (Phi) is 3.76. The average molecular weight is 311 g/mol. The second-order valence-corrected chi connectivity index (χ2v) is 5.41. The quantitative estimate of drug-likeness (QED) is 0.855. The molecule has 1 aliphatic heterocycles. The van der Waals surface area contributed by atoms with E-state index in [1.807, 2.05) is 18.1 Å². The second-order valence-electron chi connectivity index (χ2n) is 5.41. The molecule has 2 aromatic rings. The highest BCUT2D eigenvalue weighted by Crippen LogP contribution is 2.35. The lowest BCUT2D eigenvalue weighted by Crippen LogP contribution is -2.34. The molecule has 0 radical (unpaired) electrons. The molecule has 118 valence electrons. The van der Waals surface area contributed by atoms with Gasteiger partial charge in [-0.2, -0.15) is 18.3 Å². The van der Waals surface area contributed by atoms with Crippen molar-refractivity contribution in [3.05, 3.63) is 36.0 Å². The van der Waals surface area contributed by atoms with Gasteiger partial charge in [0.2, 0.25) is 0 Å². The molecule has 3 heterocycles. The van der Waals surface area contributed by atoms with E-state index in [9.17, 15) is 13.2 Å². The van der Waals surface area contributed by atoms with Gasteiger partial charge in [-0.3, -0.25) is 4.68 Å². The van der Waals surface area contributed by atoms with Crippen molar-refractivity contribution in [2.45, 2.75) is 31.5 Å². The smallest absolute Gasteiger partial charge is 0.349 e. The molecule has 1 saturated heterocycles. The summed E-state index contributed by atoms with van der Waals surface area (Å²) in [7, 11) is 1.82. The van der Waals surface area contributed by atoms with Crippen LogP contribution in [0.4, 0.5) is 19.0 Å². The molecule has 0 aliphatic carbocycles. The Labute approximate surface area is 125 Å². The molecule has 22 heavy (non-hydrogen) atoms. The highest BCUT2D eigenvalue weighted by molar-refractivity contribution is 5.43. The lowest BCUT2D eigenvalue weighted by atomic mass is 9.97. The summed E-state index contributed by atoms with van der Waals surface area (Å²) in [5, 5.41) is 4.15. The second kappa shape index (κ2) is 5.58. The van der Waals surface area contributed by atoms with Crippen molar-refractivity contribution in [1.29, 1.82) is 0 Å². The first kappa shape index (κ1) is 14.8. The number of alkyl halides is 3. The zero-order valence-corrected chi connectivity index (χ0v) is 12.1. The predicted octanol–water partition coefficient (Wildman–Crippen LogP) is 2.96. The third kappa shape index (κ3) is 2.90. The van der Waals surface area contributed by atoms with Crippen molar-refractivity contribution in [1.82, 2.24) is 19.7 Å². The van der Waals surface area contributed by atoms with Crippen LogP contribution in [0.3, 0.4) is 0 Å². The molecule has 2 aromatic heterocycles. The molecule has 3 rings (SSSR count). The minimum absolute atomic E-state index is 0.00145. The molecule has 0 spiro atoms. The van der Waals surface area contributed by atoms with Crippen LogP contribution in [0.15, 0.2) is 24.8 Å². The standard InChI is InChI=1S/C14H16F3N5/c1-21-8-10(7-20-21)11-4-2-3-5-22(11)13-6-12(14(15,16)17)18-9-19-13/h6-9,11H,2-5H2,1H3. The lowest BCUT2D eigenvalue weighted by Gasteiger charge is -2.36. The molecular weight excluding hydrogens is 295 g/mol. The Hall–Kier alpha value is -2.12. The first-order valence-corrected chi connectivity index (χ1v) is 7.09. The summed E-state index contributed by atoms with van der Waals surface area (Å²) in [6.07, 6.45) is 3.01. The van der Waals surface area contributed by atoms with Crippen molar-refractivity contribution >= 4 is 5.82 Å². The largest absolute Gasteiger partial charge is 0.433 e. The molecule has 5 nitrogen and oxygen atoms in total. The number of rotatable bonds is 2. The number of hydrogen-bond donors (Lipinski definition) is 0. The molecule has 0 N–H and O–H groups in total. The number of anilines is 1. The maximum atomic E-state index is 12.8. The van der Waals surface area contributed by atoms with Crippen molar-refractivity contribution < 1.29 is 13.2 Å². The fourth-order valence-electron chi connectivity index (χ4n) is 2.82. The van der Waals surface area contributed by atoms with Crippen molar-refractivity contribution in [2.24, 2.45) is 7.05 Å². The van der Waals surface area contributed by atoms with Gasteiger partial charge in [0, 0.05) is 31.4 Å². The number of halogens is 3. The zero-order chi connectivity index (χ0) is 15.7. The van der Waals surface area contributed by atoms with Crippen LogP contribution < -0.4 is 4.90 Å². The van der Waals surface area contributed by atoms with Gasteiger partial charge < -0.3 is 4.90 Å². The van der Waals surface area contributed by atoms with Gasteiger partial charge in [0.05, 0.1) is 12.2 Å². The number of aromatic nitrogens is 4. The lowest BCUT2D eigenvalue weighted by molar-refractivity contribution is -0.141. The number of piperidine rings is 1. The van der Waals surface area contributed by atoms with Crippen molar-refractivity contribution in [2.75, 3.05) is 11.4 Å². The molecule has 0 bridgehead atoms. The highest BCUT2D eigenvalue weighted by atomic mass is 19.4. The number of hydrogen-bond acceptors (Lipinski definition) is 4. The number of nitrogens with zero attached hydrogens (tertiary/aromatic N) is 5. The highest BCUT2D eigenvalue weighted by Gasteiger charge is 2.34. The van der Waals surface area contributed by atoms with Crippen LogP contribution in [0.25, 0.3) is 0 Å². The van der Waals surface area contributed by atoms with E-state index in [4.69, 9.17) is 0 Å². The van der Waals surface area contributed by atoms with Crippen LogP contribution in [-0.4, -0.2) is 26.3 Å². The summed E-state index contributed by atoms with van der Waals surface area (Å²) < 4.78 is 40.2. The normalized spacial score (nSPS) is 19.5. The molecule has 1 atom stereocenters. The number of aryl methyl sites for hydroxylation is 1. The van der Waals surface area contributed by atoms with Gasteiger partial charge in [-0.1, -0.05) is 0 Å². The molecule has 0 aromatic carbocycles. The Morgan fingerprint density at radius 3 is 2.73 bits per heavy atom. The van der Waals surface area contributed by atoms with Crippen LogP contribution in [0.1, 0.15) is 36.6 Å². The molecule has 8 heteroatoms. The average Bonchev–Trinajstić information content (AvgIpc) is 2.93. The van der Waals surface area contributed by atoms with E-state index < -0.39 is 11.9 Å². The fraction of sp³-hybridized carbons (Fsp3) is 0.500. The first-order chi connectivity index (χ1) is 10.4. The van der Waals surface area contributed by atoms with Gasteiger partial charge in [0.15, 0.2) is 0 Å². The molecule has 1 unspecified atom stereocenters. The summed E-state index contributed by atoms with van der Waals surface area (Å²) in [4.78, 5) is 9.29. The molecule has 1 aliphatic rings. The van der Waals surface area contributed by atoms with E-state index in [1.54, 1.807) is 10.9 Å². The van der Waals surface area contributed by atoms with Gasteiger partial charge in [-0.15, -0.1) is 0 Å². The van der Waals surface area contributed by atoms with Gasteiger partial charge in [-0.25, -0.2) is 9.97 Å². The van der Waals surface area contributed by atoms with Crippen LogP contribution in [0.2, 0.25) is 0 Å². The molecule has 0 saturated carbocycles. The van der Waals surface area contributed by atoms with Crippen LogP contribution in [-0.2, 0) is 13.2 Å². The molecular formula is C14H16F3N5. The van der Waals surface area contributed by atoms with E-state index in [2.05, 4.69) is 15.1 Å². The van der Waals surface area contributed by atoms with Gasteiger partial charge in [0.25, 0.3) is 0 Å². The van der Waals surface area contributed by atoms with Crippen LogP contribution >= 0.6 is 0 Å². The summed E-state index contributed by atoms with van der Waals surface area (Å²) in [5.41, 5.74) is 0.0855. The SMILES string of the molecule is Cn1cc(C2CCCCN2c2cc(C(F)(F)F)ncn2)cn1. The Bertz CT molecular complexity index is 652. The summed E-state index contributed by atoms with van der Waals surface area (Å²) in [5.74, 6) is 0.316. The zero-order valence-electron chi connectivity index (χ0n) is 12.1. The monoisotopic (exact) mass is 311 g/mol. The van der Waals surface area contributed by atoms with E-state index in [0.29, 0.717) is 12.4 Å². The third-order valence-electron chi connectivity index (χ3n) is 3.85. The molecule has 0 amide bonds. The van der Waals surface area contributed by atoms with E-state index in [0.717, 1.165) is 37.2 Å². The van der Waals surface area contributed by atoms with Crippen LogP contribution in [0.5, 0.6) is 0 Å². The minimum Gasteiger partial charge on any atom is -0.349 e. The Balaban J connectivity index is 1.94. The third-order valence-corrected chi connectivity index (χ3v) is 3.85. The summed E-state index contributed by atoms with van der Waals surface area (Å²) in [6.45, 7) is 0.674. The Morgan fingerprint density at radius 1 is 1.23 bits per heavy atom. The van der Waals surface area contributed by atoms with E-state index >= 15 is 0 Å². The topological polar surface area (TPSA) is 46.8 Å². The van der Waals surface area contributed by atoms with Crippen molar-refractivity contribution in [3.63, 3.8) is 0 Å².